The lowest BCUT2D eigenvalue weighted by Crippen LogP contribution is -2.40. The molecule has 2 rings (SSSR count). The molecule has 1 fully saturated rings. The normalized spacial score (nSPS) is 19.1. The number of nitrogens with zero attached hydrogens (tertiary/aromatic N) is 3. The van der Waals surface area contributed by atoms with Gasteiger partial charge in [0, 0.05) is 19.0 Å². The van der Waals surface area contributed by atoms with Crippen molar-refractivity contribution in [3.05, 3.63) is 5.01 Å². The Kier molecular flexibility index (Phi) is 4.70. The number of rotatable bonds is 3. The molecule has 7 heteroatoms. The molecule has 2 heterocycles. The van der Waals surface area contributed by atoms with Crippen molar-refractivity contribution in [3.8, 4) is 0 Å². The average Bonchev–Trinajstić information content (AvgIpc) is 2.93. The quantitative estimate of drug-likeness (QED) is 0.929. The van der Waals surface area contributed by atoms with Gasteiger partial charge in [-0.05, 0) is 27.2 Å². The zero-order valence-electron chi connectivity index (χ0n) is 13.3. The van der Waals surface area contributed by atoms with E-state index < -0.39 is 5.60 Å². The Hall–Kier alpha value is -1.37. The van der Waals surface area contributed by atoms with Gasteiger partial charge in [0.15, 0.2) is 0 Å². The molecular weight excluding hydrogens is 288 g/mol. The number of carbonyl (C=O) groups excluding carboxylic acids is 1. The van der Waals surface area contributed by atoms with Gasteiger partial charge in [-0.15, -0.1) is 10.2 Å². The number of ether oxygens (including phenoxy) is 1. The maximum absolute atomic E-state index is 11.8. The third kappa shape index (κ3) is 4.56. The first-order chi connectivity index (χ1) is 9.74. The molecular formula is C14H24N4O2S. The van der Waals surface area contributed by atoms with Crippen LogP contribution in [0, 0.1) is 0 Å². The minimum atomic E-state index is -0.465. The van der Waals surface area contributed by atoms with E-state index in [9.17, 15) is 4.79 Å². The molecule has 1 aliphatic rings. The fourth-order valence-electron chi connectivity index (χ4n) is 2.11. The topological polar surface area (TPSA) is 67.4 Å². The Balaban J connectivity index is 1.87. The van der Waals surface area contributed by atoms with Gasteiger partial charge in [0.1, 0.15) is 10.6 Å². The Bertz CT molecular complexity index is 495. The van der Waals surface area contributed by atoms with E-state index >= 15 is 0 Å². The van der Waals surface area contributed by atoms with Gasteiger partial charge in [0.05, 0.1) is 6.04 Å². The van der Waals surface area contributed by atoms with E-state index in [2.05, 4.69) is 34.3 Å². The van der Waals surface area contributed by atoms with E-state index in [0.29, 0.717) is 5.92 Å². The van der Waals surface area contributed by atoms with Crippen LogP contribution in [-0.4, -0.2) is 41.0 Å². The summed E-state index contributed by atoms with van der Waals surface area (Å²) in [6.07, 6.45) is 0.546. The van der Waals surface area contributed by atoms with Gasteiger partial charge in [-0.2, -0.15) is 0 Å². The summed E-state index contributed by atoms with van der Waals surface area (Å²) >= 11 is 1.63. The van der Waals surface area contributed by atoms with Crippen molar-refractivity contribution in [2.45, 2.75) is 58.6 Å². The summed E-state index contributed by atoms with van der Waals surface area (Å²) in [4.78, 5) is 13.9. The summed E-state index contributed by atoms with van der Waals surface area (Å²) in [7, 11) is 0. The van der Waals surface area contributed by atoms with Gasteiger partial charge >= 0.3 is 6.09 Å². The molecule has 6 nitrogen and oxygen atoms in total. The molecule has 0 aromatic carbocycles. The maximum Gasteiger partial charge on any atom is 0.407 e. The number of amides is 1. The molecule has 0 spiro atoms. The van der Waals surface area contributed by atoms with Crippen LogP contribution in [0.15, 0.2) is 0 Å². The van der Waals surface area contributed by atoms with Gasteiger partial charge < -0.3 is 15.0 Å². The molecule has 1 aromatic rings. The fourth-order valence-corrected chi connectivity index (χ4v) is 2.99. The molecule has 0 aliphatic carbocycles. The van der Waals surface area contributed by atoms with Crippen LogP contribution < -0.4 is 10.2 Å². The lowest BCUT2D eigenvalue weighted by molar-refractivity contribution is 0.0509. The highest BCUT2D eigenvalue weighted by atomic mass is 32.1. The van der Waals surface area contributed by atoms with Gasteiger partial charge in [0.2, 0.25) is 5.13 Å². The first-order valence-electron chi connectivity index (χ1n) is 7.32. The molecule has 1 amide bonds. The first-order valence-corrected chi connectivity index (χ1v) is 8.14. The number of hydrogen-bond donors (Lipinski definition) is 1. The predicted octanol–water partition coefficient (Wildman–Crippen LogP) is 2.76. The van der Waals surface area contributed by atoms with E-state index in [1.165, 1.54) is 0 Å². The number of carbonyl (C=O) groups is 1. The molecule has 1 saturated heterocycles. The fraction of sp³-hybridized carbons (Fsp3) is 0.786. The average molecular weight is 312 g/mol. The summed E-state index contributed by atoms with van der Waals surface area (Å²) in [5.41, 5.74) is -0.465. The monoisotopic (exact) mass is 312 g/mol. The SMILES string of the molecule is CC(C)c1nnc(N2CC[C@H](NC(=O)OC(C)(C)C)C2)s1. The molecule has 1 aromatic heterocycles. The standard InChI is InChI=1S/C14H24N4O2S/c1-9(2)11-16-17-12(21-11)18-7-6-10(8-18)15-13(19)20-14(3,4)5/h9-10H,6-8H2,1-5H3,(H,15,19)/t10-/m0/s1. The van der Waals surface area contributed by atoms with E-state index in [4.69, 9.17) is 4.74 Å². The Morgan fingerprint density at radius 3 is 2.71 bits per heavy atom. The van der Waals surface area contributed by atoms with Crippen LogP contribution in [0.25, 0.3) is 0 Å². The summed E-state index contributed by atoms with van der Waals surface area (Å²) in [6, 6.07) is 0.103. The van der Waals surface area contributed by atoms with E-state index in [1.807, 2.05) is 20.8 Å². The Labute approximate surface area is 129 Å². The van der Waals surface area contributed by atoms with Crippen molar-refractivity contribution in [3.63, 3.8) is 0 Å². The van der Waals surface area contributed by atoms with Crippen molar-refractivity contribution in [1.29, 1.82) is 0 Å². The number of alkyl carbamates (subject to hydrolysis) is 1. The second-order valence-electron chi connectivity index (χ2n) is 6.66. The lowest BCUT2D eigenvalue weighted by Gasteiger charge is -2.21. The van der Waals surface area contributed by atoms with Crippen LogP contribution in [0.5, 0.6) is 0 Å². The molecule has 1 atom stereocenters. The minimum Gasteiger partial charge on any atom is -0.444 e. The number of aromatic nitrogens is 2. The highest BCUT2D eigenvalue weighted by Gasteiger charge is 2.28. The van der Waals surface area contributed by atoms with Crippen LogP contribution in [-0.2, 0) is 4.74 Å². The molecule has 0 saturated carbocycles. The van der Waals surface area contributed by atoms with Crippen molar-refractivity contribution in [2.24, 2.45) is 0 Å². The first kappa shape index (κ1) is 16.0. The molecule has 0 unspecified atom stereocenters. The summed E-state index contributed by atoms with van der Waals surface area (Å²) in [5.74, 6) is 0.398. The van der Waals surface area contributed by atoms with E-state index in [-0.39, 0.29) is 12.1 Å². The molecule has 118 valence electrons. The molecule has 0 bridgehead atoms. The van der Waals surface area contributed by atoms with Crippen molar-refractivity contribution >= 4 is 22.6 Å². The number of hydrogen-bond acceptors (Lipinski definition) is 6. The third-order valence-electron chi connectivity index (χ3n) is 3.10. The predicted molar refractivity (Wildman–Crippen MR) is 84.0 cm³/mol. The molecule has 1 aliphatic heterocycles. The molecule has 1 N–H and O–H groups in total. The largest absolute Gasteiger partial charge is 0.444 e. The molecule has 21 heavy (non-hydrogen) atoms. The second-order valence-corrected chi connectivity index (χ2v) is 7.64. The van der Waals surface area contributed by atoms with E-state index in [0.717, 1.165) is 29.6 Å². The number of anilines is 1. The highest BCUT2D eigenvalue weighted by molar-refractivity contribution is 7.15. The minimum absolute atomic E-state index is 0.103. The highest BCUT2D eigenvalue weighted by Crippen LogP contribution is 2.28. The Morgan fingerprint density at radius 1 is 1.43 bits per heavy atom. The van der Waals surface area contributed by atoms with Crippen LogP contribution in [0.4, 0.5) is 9.93 Å². The van der Waals surface area contributed by atoms with Gasteiger partial charge in [-0.1, -0.05) is 25.2 Å². The van der Waals surface area contributed by atoms with Gasteiger partial charge in [-0.3, -0.25) is 0 Å². The van der Waals surface area contributed by atoms with Gasteiger partial charge in [-0.25, -0.2) is 4.79 Å². The van der Waals surface area contributed by atoms with Crippen LogP contribution >= 0.6 is 11.3 Å². The zero-order valence-corrected chi connectivity index (χ0v) is 14.2. The Morgan fingerprint density at radius 2 is 2.14 bits per heavy atom. The van der Waals surface area contributed by atoms with Crippen LogP contribution in [0.1, 0.15) is 52.0 Å². The summed E-state index contributed by atoms with van der Waals surface area (Å²) < 4.78 is 5.28. The maximum atomic E-state index is 11.8. The van der Waals surface area contributed by atoms with Crippen LogP contribution in [0.2, 0.25) is 0 Å². The van der Waals surface area contributed by atoms with Crippen LogP contribution in [0.3, 0.4) is 0 Å². The van der Waals surface area contributed by atoms with Crippen molar-refractivity contribution in [1.82, 2.24) is 15.5 Å². The van der Waals surface area contributed by atoms with E-state index in [1.54, 1.807) is 11.3 Å². The zero-order chi connectivity index (χ0) is 15.6. The third-order valence-corrected chi connectivity index (χ3v) is 4.39. The smallest absolute Gasteiger partial charge is 0.407 e. The number of nitrogens with one attached hydrogen (secondary N) is 1. The summed E-state index contributed by atoms with van der Waals surface area (Å²) in [5, 5.41) is 13.4. The molecule has 0 radical (unpaired) electrons. The second kappa shape index (κ2) is 6.17. The van der Waals surface area contributed by atoms with Crippen molar-refractivity contribution < 1.29 is 9.53 Å². The lowest BCUT2D eigenvalue weighted by atomic mass is 10.2. The summed E-state index contributed by atoms with van der Waals surface area (Å²) in [6.45, 7) is 11.5. The van der Waals surface area contributed by atoms with Crippen molar-refractivity contribution in [2.75, 3.05) is 18.0 Å². The van der Waals surface area contributed by atoms with Gasteiger partial charge in [0.25, 0.3) is 0 Å².